The second kappa shape index (κ2) is 6.15. The van der Waals surface area contributed by atoms with Gasteiger partial charge in [-0.15, -0.1) is 0 Å². The summed E-state index contributed by atoms with van der Waals surface area (Å²) in [5.41, 5.74) is 1.95. The molecule has 2 rings (SSSR count). The van der Waals surface area contributed by atoms with E-state index >= 15 is 0 Å². The van der Waals surface area contributed by atoms with Crippen molar-refractivity contribution in [2.24, 2.45) is 10.9 Å². The summed E-state index contributed by atoms with van der Waals surface area (Å²) in [4.78, 5) is 4.46. The Balaban J connectivity index is 2.17. The van der Waals surface area contributed by atoms with Gasteiger partial charge in [-0.3, -0.25) is 4.99 Å². The molecule has 0 saturated heterocycles. The fourth-order valence-corrected chi connectivity index (χ4v) is 2.12. The highest BCUT2D eigenvalue weighted by atomic mass is 19.1. The first-order valence-corrected chi connectivity index (χ1v) is 6.59. The summed E-state index contributed by atoms with van der Waals surface area (Å²) in [5, 5.41) is 0. The Kier molecular flexibility index (Phi) is 4.53. The van der Waals surface area contributed by atoms with Gasteiger partial charge in [0, 0.05) is 13.3 Å². The molecule has 0 aromatic heterocycles. The summed E-state index contributed by atoms with van der Waals surface area (Å²) in [6, 6.07) is 3.56. The van der Waals surface area contributed by atoms with E-state index in [0.717, 1.165) is 17.5 Å². The van der Waals surface area contributed by atoms with Crippen molar-refractivity contribution in [3.8, 4) is 5.75 Å². The molecule has 0 bridgehead atoms. The van der Waals surface area contributed by atoms with Crippen LogP contribution in [-0.2, 0) is 11.2 Å². The number of hydrogen-bond donors (Lipinski definition) is 0. The molecule has 19 heavy (non-hydrogen) atoms. The first kappa shape index (κ1) is 14.0. The zero-order valence-corrected chi connectivity index (χ0v) is 11.6. The molecule has 3 nitrogen and oxygen atoms in total. The number of hydrogen-bond acceptors (Lipinski definition) is 3. The van der Waals surface area contributed by atoms with Crippen molar-refractivity contribution < 1.29 is 13.9 Å². The van der Waals surface area contributed by atoms with Crippen LogP contribution in [0, 0.1) is 11.7 Å². The van der Waals surface area contributed by atoms with E-state index in [9.17, 15) is 4.39 Å². The Morgan fingerprint density at radius 3 is 2.84 bits per heavy atom. The van der Waals surface area contributed by atoms with Crippen molar-refractivity contribution >= 4 is 6.21 Å². The minimum Gasteiger partial charge on any atom is -0.488 e. The molecule has 1 aromatic rings. The highest BCUT2D eigenvalue weighted by Gasteiger charge is 2.20. The Bertz CT molecular complexity index is 471. The fourth-order valence-electron chi connectivity index (χ4n) is 2.12. The molecule has 0 spiro atoms. The normalized spacial score (nSPS) is 17.6. The highest BCUT2D eigenvalue weighted by Crippen LogP contribution is 2.27. The Labute approximate surface area is 113 Å². The van der Waals surface area contributed by atoms with Gasteiger partial charge >= 0.3 is 0 Å². The van der Waals surface area contributed by atoms with Crippen LogP contribution in [0.3, 0.4) is 0 Å². The van der Waals surface area contributed by atoms with Crippen LogP contribution in [0.1, 0.15) is 25.0 Å². The van der Waals surface area contributed by atoms with Crippen molar-refractivity contribution in [3.05, 3.63) is 29.1 Å². The van der Waals surface area contributed by atoms with E-state index < -0.39 is 0 Å². The molecule has 0 radical (unpaired) electrons. The van der Waals surface area contributed by atoms with E-state index in [0.29, 0.717) is 24.9 Å². The van der Waals surface area contributed by atoms with Crippen LogP contribution in [-0.4, -0.2) is 32.6 Å². The van der Waals surface area contributed by atoms with E-state index in [1.165, 1.54) is 6.07 Å². The Morgan fingerprint density at radius 2 is 2.16 bits per heavy atom. The molecule has 0 amide bonds. The average molecular weight is 265 g/mol. The number of rotatable bonds is 5. The molecule has 0 aliphatic carbocycles. The maximum atomic E-state index is 13.8. The van der Waals surface area contributed by atoms with Crippen molar-refractivity contribution in [2.75, 3.05) is 20.3 Å². The third kappa shape index (κ3) is 3.32. The Morgan fingerprint density at radius 1 is 1.37 bits per heavy atom. The number of halogens is 1. The van der Waals surface area contributed by atoms with Gasteiger partial charge in [-0.05, 0) is 35.6 Å². The summed E-state index contributed by atoms with van der Waals surface area (Å²) < 4.78 is 24.1. The van der Waals surface area contributed by atoms with Gasteiger partial charge in [0.2, 0.25) is 0 Å². The molecule has 4 heteroatoms. The van der Waals surface area contributed by atoms with Gasteiger partial charge in [-0.25, -0.2) is 4.39 Å². The van der Waals surface area contributed by atoms with Gasteiger partial charge in [0.1, 0.15) is 6.61 Å². The maximum absolute atomic E-state index is 13.8. The molecular formula is C15H20FNO2. The fraction of sp³-hybridized carbons (Fsp3) is 0.533. The zero-order valence-electron chi connectivity index (χ0n) is 11.6. The predicted molar refractivity (Wildman–Crippen MR) is 73.7 cm³/mol. The van der Waals surface area contributed by atoms with E-state index in [1.807, 2.05) is 0 Å². The minimum absolute atomic E-state index is 0.268. The van der Waals surface area contributed by atoms with Gasteiger partial charge < -0.3 is 9.47 Å². The van der Waals surface area contributed by atoms with Crippen molar-refractivity contribution in [1.29, 1.82) is 0 Å². The number of aliphatic imine (C=N–C) groups is 1. The lowest BCUT2D eigenvalue weighted by atomic mass is 9.91. The van der Waals surface area contributed by atoms with Gasteiger partial charge in [0.15, 0.2) is 11.6 Å². The van der Waals surface area contributed by atoms with Crippen LogP contribution in [0.25, 0.3) is 0 Å². The minimum atomic E-state index is -0.343. The lowest BCUT2D eigenvalue weighted by molar-refractivity contribution is 0.144. The summed E-state index contributed by atoms with van der Waals surface area (Å²) in [6.45, 7) is 5.10. The predicted octanol–water partition coefficient (Wildman–Crippen LogP) is 2.85. The maximum Gasteiger partial charge on any atom is 0.165 e. The number of nitrogens with zero attached hydrogens (tertiary/aromatic N) is 1. The van der Waals surface area contributed by atoms with E-state index in [2.05, 4.69) is 18.8 Å². The molecule has 0 fully saturated rings. The third-order valence-electron chi connectivity index (χ3n) is 3.34. The molecular weight excluding hydrogens is 245 g/mol. The molecule has 1 aromatic carbocycles. The molecule has 1 aliphatic heterocycles. The lowest BCUT2D eigenvalue weighted by Gasteiger charge is -2.22. The van der Waals surface area contributed by atoms with Crippen LogP contribution in [0.15, 0.2) is 17.1 Å². The van der Waals surface area contributed by atoms with Gasteiger partial charge in [-0.2, -0.15) is 0 Å². The largest absolute Gasteiger partial charge is 0.488 e. The van der Waals surface area contributed by atoms with Crippen LogP contribution in [0.4, 0.5) is 4.39 Å². The highest BCUT2D eigenvalue weighted by molar-refractivity contribution is 5.83. The van der Waals surface area contributed by atoms with E-state index in [1.54, 1.807) is 19.4 Å². The first-order chi connectivity index (χ1) is 9.11. The second-order valence-electron chi connectivity index (χ2n) is 5.12. The first-order valence-electron chi connectivity index (χ1n) is 6.59. The number of methoxy groups -OCH3 is 1. The SMILES string of the molecule is COCCOc1cc2c(cc1F)C=NC(C(C)C)C2. The van der Waals surface area contributed by atoms with Gasteiger partial charge in [-0.1, -0.05) is 13.8 Å². The van der Waals surface area contributed by atoms with Crippen molar-refractivity contribution in [2.45, 2.75) is 26.3 Å². The van der Waals surface area contributed by atoms with Gasteiger partial charge in [0.25, 0.3) is 0 Å². The zero-order chi connectivity index (χ0) is 13.8. The van der Waals surface area contributed by atoms with Crippen LogP contribution >= 0.6 is 0 Å². The van der Waals surface area contributed by atoms with E-state index in [4.69, 9.17) is 9.47 Å². The molecule has 104 valence electrons. The quantitative estimate of drug-likeness (QED) is 0.766. The summed E-state index contributed by atoms with van der Waals surface area (Å²) in [5.74, 6) is 0.435. The number of fused-ring (bicyclic) bond motifs is 1. The summed E-state index contributed by atoms with van der Waals surface area (Å²) >= 11 is 0. The third-order valence-corrected chi connectivity index (χ3v) is 3.34. The van der Waals surface area contributed by atoms with Crippen molar-refractivity contribution in [3.63, 3.8) is 0 Å². The smallest absolute Gasteiger partial charge is 0.165 e. The summed E-state index contributed by atoms with van der Waals surface area (Å²) in [6.07, 6.45) is 2.61. The summed E-state index contributed by atoms with van der Waals surface area (Å²) in [7, 11) is 1.59. The molecule has 1 atom stereocenters. The second-order valence-corrected chi connectivity index (χ2v) is 5.12. The van der Waals surface area contributed by atoms with E-state index in [-0.39, 0.29) is 11.9 Å². The Hall–Kier alpha value is -1.42. The standard InChI is InChI=1S/C15H20FNO2/c1-10(2)14-7-11-8-15(19-5-4-18-3)13(16)6-12(11)9-17-14/h6,8-10,14H,4-5,7H2,1-3H3. The number of benzene rings is 1. The lowest BCUT2D eigenvalue weighted by Crippen LogP contribution is -2.21. The average Bonchev–Trinajstić information content (AvgIpc) is 2.39. The monoisotopic (exact) mass is 265 g/mol. The molecule has 1 aliphatic rings. The molecule has 1 unspecified atom stereocenters. The molecule has 1 heterocycles. The van der Waals surface area contributed by atoms with Gasteiger partial charge in [0.05, 0.1) is 12.6 Å². The molecule has 0 N–H and O–H groups in total. The van der Waals surface area contributed by atoms with Crippen LogP contribution in [0.5, 0.6) is 5.75 Å². The van der Waals surface area contributed by atoms with Crippen molar-refractivity contribution in [1.82, 2.24) is 0 Å². The topological polar surface area (TPSA) is 30.8 Å². The van der Waals surface area contributed by atoms with Crippen LogP contribution < -0.4 is 4.74 Å². The number of ether oxygens (including phenoxy) is 2. The molecule has 0 saturated carbocycles. The van der Waals surface area contributed by atoms with Crippen LogP contribution in [0.2, 0.25) is 0 Å².